The van der Waals surface area contributed by atoms with E-state index in [9.17, 15) is 0 Å². The highest BCUT2D eigenvalue weighted by molar-refractivity contribution is 6.38. The first kappa shape index (κ1) is 14.3. The van der Waals surface area contributed by atoms with Crippen LogP contribution in [0, 0.1) is 12.8 Å². The van der Waals surface area contributed by atoms with E-state index in [0.29, 0.717) is 0 Å². The van der Waals surface area contributed by atoms with Crippen molar-refractivity contribution in [3.63, 3.8) is 0 Å². The molecule has 0 saturated heterocycles. The van der Waals surface area contributed by atoms with Crippen molar-refractivity contribution >= 4 is 9.52 Å². The second-order valence-electron chi connectivity index (χ2n) is 5.36. The van der Waals surface area contributed by atoms with E-state index in [1.54, 1.807) is 6.04 Å². The molecule has 94 valence electrons. The van der Waals surface area contributed by atoms with Crippen LogP contribution >= 0.6 is 0 Å². The molecule has 0 aromatic heterocycles. The van der Waals surface area contributed by atoms with Gasteiger partial charge in [-0.3, -0.25) is 0 Å². The summed E-state index contributed by atoms with van der Waals surface area (Å²) >= 11 is 0. The minimum absolute atomic E-state index is 0.235. The van der Waals surface area contributed by atoms with Gasteiger partial charge in [0.2, 0.25) is 0 Å². The molecule has 1 heteroatoms. The molecule has 1 aliphatic rings. The highest BCUT2D eigenvalue weighted by Crippen LogP contribution is 2.27. The molecular weight excluding hydrogens is 208 g/mol. The fraction of sp³-hybridized carbons (Fsp3) is 0.867. The van der Waals surface area contributed by atoms with E-state index in [-0.39, 0.29) is 9.52 Å². The van der Waals surface area contributed by atoms with Gasteiger partial charge >= 0.3 is 0 Å². The fourth-order valence-corrected chi connectivity index (χ4v) is 4.76. The van der Waals surface area contributed by atoms with Crippen molar-refractivity contribution in [3.05, 3.63) is 12.8 Å². The van der Waals surface area contributed by atoms with Gasteiger partial charge in [-0.05, 0) is 37.6 Å². The van der Waals surface area contributed by atoms with Crippen molar-refractivity contribution < 1.29 is 0 Å². The zero-order chi connectivity index (χ0) is 11.5. The first-order valence-corrected chi connectivity index (χ1v) is 9.40. The highest BCUT2D eigenvalue weighted by atomic mass is 28.2. The van der Waals surface area contributed by atoms with E-state index >= 15 is 0 Å². The minimum atomic E-state index is 0.235. The molecule has 1 unspecified atom stereocenters. The van der Waals surface area contributed by atoms with Crippen LogP contribution in [0.4, 0.5) is 0 Å². The molecule has 0 amide bonds. The van der Waals surface area contributed by atoms with Crippen LogP contribution in [-0.2, 0) is 0 Å². The van der Waals surface area contributed by atoms with Gasteiger partial charge in [0.05, 0.1) is 0 Å². The quantitative estimate of drug-likeness (QED) is 0.403. The largest absolute Gasteiger partial charge is 0.0654 e. The Hall–Kier alpha value is 0.217. The van der Waals surface area contributed by atoms with Gasteiger partial charge in [-0.25, -0.2) is 0 Å². The summed E-state index contributed by atoms with van der Waals surface area (Å²) < 4.78 is 0. The van der Waals surface area contributed by atoms with E-state index in [1.165, 1.54) is 64.2 Å². The summed E-state index contributed by atoms with van der Waals surface area (Å²) in [5, 5.41) is 0. The van der Waals surface area contributed by atoms with Crippen molar-refractivity contribution in [1.82, 2.24) is 0 Å². The van der Waals surface area contributed by atoms with Crippen molar-refractivity contribution in [2.75, 3.05) is 0 Å². The maximum atomic E-state index is 2.62. The lowest BCUT2D eigenvalue weighted by atomic mass is 10.0. The molecule has 1 aliphatic carbocycles. The third-order valence-electron chi connectivity index (χ3n) is 3.77. The first-order chi connectivity index (χ1) is 7.93. The summed E-state index contributed by atoms with van der Waals surface area (Å²) in [4.78, 5) is 0. The van der Waals surface area contributed by atoms with Crippen LogP contribution in [0.25, 0.3) is 0 Å². The van der Waals surface area contributed by atoms with E-state index in [1.807, 2.05) is 0 Å². The molecule has 1 rings (SSSR count). The maximum absolute atomic E-state index is 2.62. The summed E-state index contributed by atoms with van der Waals surface area (Å²) in [5.41, 5.74) is 1.06. The van der Waals surface area contributed by atoms with Gasteiger partial charge in [0.1, 0.15) is 0 Å². The van der Waals surface area contributed by atoms with Gasteiger partial charge in [-0.2, -0.15) is 0 Å². The van der Waals surface area contributed by atoms with Crippen LogP contribution in [0.3, 0.4) is 0 Å². The van der Waals surface area contributed by atoms with Gasteiger partial charge in [0.25, 0.3) is 0 Å². The lowest BCUT2D eigenvalue weighted by Gasteiger charge is -2.20. The Balaban J connectivity index is 1.77. The number of hydrogen-bond donors (Lipinski definition) is 0. The average molecular weight is 238 g/mol. The highest BCUT2D eigenvalue weighted by Gasteiger charge is 2.13. The summed E-state index contributed by atoms with van der Waals surface area (Å²) in [6.45, 7) is 2.29. The predicted octanol–water partition coefficient (Wildman–Crippen LogP) is 4.71. The number of hydrogen-bond acceptors (Lipinski definition) is 0. The molecule has 0 spiro atoms. The van der Waals surface area contributed by atoms with E-state index in [4.69, 9.17) is 0 Å². The van der Waals surface area contributed by atoms with E-state index in [2.05, 4.69) is 19.8 Å². The number of unbranched alkanes of at least 4 members (excludes halogenated alkanes) is 6. The predicted molar refractivity (Wildman–Crippen MR) is 77.5 cm³/mol. The molecule has 0 aromatic rings. The molecule has 0 aliphatic heterocycles. The van der Waals surface area contributed by atoms with Crippen LogP contribution in [0.1, 0.15) is 71.1 Å². The van der Waals surface area contributed by atoms with Gasteiger partial charge in [0, 0.05) is 9.52 Å². The molecule has 1 saturated carbocycles. The molecule has 1 fully saturated rings. The van der Waals surface area contributed by atoms with Crippen molar-refractivity contribution in [1.29, 1.82) is 0 Å². The SMILES string of the molecule is CCCCCCCCC[SiH2]C1[CH]CC[CH]C1. The smallest absolute Gasteiger partial charge is 0.0235 e. The fourth-order valence-electron chi connectivity index (χ4n) is 2.65. The molecule has 0 nitrogen and oxygen atoms in total. The van der Waals surface area contributed by atoms with Crippen molar-refractivity contribution in [2.24, 2.45) is 0 Å². The van der Waals surface area contributed by atoms with E-state index < -0.39 is 0 Å². The number of rotatable bonds is 9. The normalized spacial score (nSPS) is 18.6. The van der Waals surface area contributed by atoms with Crippen LogP contribution in [0.15, 0.2) is 0 Å². The average Bonchev–Trinajstić information content (AvgIpc) is 2.34. The zero-order valence-electron chi connectivity index (χ0n) is 11.2. The van der Waals surface area contributed by atoms with Crippen LogP contribution in [-0.4, -0.2) is 9.52 Å². The molecule has 0 aromatic carbocycles. The molecule has 0 heterocycles. The van der Waals surface area contributed by atoms with Crippen LogP contribution in [0.5, 0.6) is 0 Å². The summed E-state index contributed by atoms with van der Waals surface area (Å²) in [7, 11) is 0.235. The van der Waals surface area contributed by atoms with Crippen LogP contribution in [0.2, 0.25) is 11.6 Å². The van der Waals surface area contributed by atoms with Crippen LogP contribution < -0.4 is 0 Å². The molecular formula is C15H30Si. The Kier molecular flexibility index (Phi) is 9.26. The van der Waals surface area contributed by atoms with Gasteiger partial charge in [-0.1, -0.05) is 57.9 Å². The summed E-state index contributed by atoms with van der Waals surface area (Å²) in [5.74, 6) is 0. The first-order valence-electron chi connectivity index (χ1n) is 7.58. The van der Waals surface area contributed by atoms with E-state index in [0.717, 1.165) is 5.54 Å². The topological polar surface area (TPSA) is 0 Å². The molecule has 1 atom stereocenters. The molecule has 0 N–H and O–H groups in total. The van der Waals surface area contributed by atoms with Crippen molar-refractivity contribution in [2.45, 2.75) is 82.7 Å². The Morgan fingerprint density at radius 1 is 1.00 bits per heavy atom. The van der Waals surface area contributed by atoms with Gasteiger partial charge in [0.15, 0.2) is 0 Å². The third kappa shape index (κ3) is 7.48. The minimum Gasteiger partial charge on any atom is -0.0654 e. The van der Waals surface area contributed by atoms with Gasteiger partial charge in [-0.15, -0.1) is 0 Å². The maximum Gasteiger partial charge on any atom is 0.0235 e. The van der Waals surface area contributed by atoms with Crippen molar-refractivity contribution in [3.8, 4) is 0 Å². The summed E-state index contributed by atoms with van der Waals surface area (Å²) in [6.07, 6.45) is 19.6. The lowest BCUT2D eigenvalue weighted by molar-refractivity contribution is 0.600. The Morgan fingerprint density at radius 3 is 2.44 bits per heavy atom. The standard InChI is InChI=1S/C15H30Si/c1-2-3-4-5-6-7-11-14-16-15-12-9-8-10-13-15/h9,13,15H,2-8,10-12,14,16H2,1H3. The zero-order valence-corrected chi connectivity index (χ0v) is 12.6. The Labute approximate surface area is 105 Å². The Bertz CT molecular complexity index is 138. The van der Waals surface area contributed by atoms with Gasteiger partial charge < -0.3 is 0 Å². The second kappa shape index (κ2) is 10.4. The third-order valence-corrected chi connectivity index (χ3v) is 6.09. The molecule has 16 heavy (non-hydrogen) atoms. The molecule has 0 bridgehead atoms. The monoisotopic (exact) mass is 238 g/mol. The second-order valence-corrected chi connectivity index (χ2v) is 7.69. The lowest BCUT2D eigenvalue weighted by Crippen LogP contribution is -2.08. The molecule has 2 radical (unpaired) electrons. The summed E-state index contributed by atoms with van der Waals surface area (Å²) in [6, 6.07) is 1.60. The Morgan fingerprint density at radius 2 is 1.75 bits per heavy atom.